The molecule has 0 fully saturated rings. The summed E-state index contributed by atoms with van der Waals surface area (Å²) >= 11 is 3.40. The molecule has 2 aromatic rings. The Balaban J connectivity index is 2.13. The summed E-state index contributed by atoms with van der Waals surface area (Å²) < 4.78 is 8.03. The molecule has 0 aliphatic heterocycles. The van der Waals surface area contributed by atoms with Crippen LogP contribution in [0.2, 0.25) is 0 Å². The molecule has 2 aromatic carbocycles. The fourth-order valence-electron chi connectivity index (χ4n) is 1.44. The first-order valence-electron chi connectivity index (χ1n) is 5.25. The minimum Gasteiger partial charge on any atom is -0.497 e. The first-order chi connectivity index (χ1) is 8.31. The van der Waals surface area contributed by atoms with E-state index >= 15 is 0 Å². The molecule has 17 heavy (non-hydrogen) atoms. The molecular weight excluding hydrogens is 391 g/mol. The Morgan fingerprint density at radius 3 is 2.47 bits per heavy atom. The zero-order valence-electron chi connectivity index (χ0n) is 9.49. The van der Waals surface area contributed by atoms with E-state index in [1.165, 1.54) is 12.7 Å². The first kappa shape index (κ1) is 12.9. The number of rotatable bonds is 4. The molecule has 0 N–H and O–H groups in total. The summed E-state index contributed by atoms with van der Waals surface area (Å²) in [5.74, 6) is 0.923. The maximum absolute atomic E-state index is 5.16. The average Bonchev–Trinajstić information content (AvgIpc) is 2.40. The Hall–Kier alpha value is -0.550. The van der Waals surface area contributed by atoms with Gasteiger partial charge in [-0.1, -0.05) is 28.1 Å². The van der Waals surface area contributed by atoms with Gasteiger partial charge in [0.15, 0.2) is 7.14 Å². The van der Waals surface area contributed by atoms with E-state index in [4.69, 9.17) is 4.74 Å². The normalized spacial score (nSPS) is 10.2. The van der Waals surface area contributed by atoms with Crippen LogP contribution in [-0.4, -0.2) is 7.11 Å². The van der Waals surface area contributed by atoms with E-state index < -0.39 is 0 Å². The second-order valence-electron chi connectivity index (χ2n) is 3.52. The van der Waals surface area contributed by atoms with Gasteiger partial charge in [0.25, 0.3) is 0 Å². The average molecular weight is 404 g/mol. The third-order valence-corrected chi connectivity index (χ3v) is 5.59. The van der Waals surface area contributed by atoms with Crippen molar-refractivity contribution in [1.29, 1.82) is 0 Å². The highest BCUT2D eigenvalue weighted by molar-refractivity contribution is 9.08. The highest BCUT2D eigenvalue weighted by Gasteiger charge is 2.15. The van der Waals surface area contributed by atoms with E-state index in [2.05, 4.69) is 52.3 Å². The van der Waals surface area contributed by atoms with E-state index in [0.717, 1.165) is 11.1 Å². The molecular formula is C14H13BrIO+. The Bertz CT molecular complexity index is 482. The maximum Gasteiger partial charge on any atom is 0.357 e. The van der Waals surface area contributed by atoms with Gasteiger partial charge in [0.1, 0.15) is 5.75 Å². The molecule has 88 valence electrons. The van der Waals surface area contributed by atoms with Crippen molar-refractivity contribution in [2.75, 3.05) is 7.11 Å². The number of hydrogen-bond acceptors (Lipinski definition) is 1. The Kier molecular flexibility index (Phi) is 4.86. The van der Waals surface area contributed by atoms with Gasteiger partial charge in [0.05, 0.1) is 7.11 Å². The van der Waals surface area contributed by atoms with Crippen molar-refractivity contribution in [3.8, 4) is 5.75 Å². The van der Waals surface area contributed by atoms with Crippen LogP contribution in [0.5, 0.6) is 5.75 Å². The maximum atomic E-state index is 5.16. The molecule has 0 aromatic heterocycles. The van der Waals surface area contributed by atoms with Crippen LogP contribution >= 0.6 is 15.9 Å². The molecule has 0 atom stereocenters. The van der Waals surface area contributed by atoms with Crippen molar-refractivity contribution < 1.29 is 25.9 Å². The van der Waals surface area contributed by atoms with Crippen LogP contribution in [0.25, 0.3) is 0 Å². The van der Waals surface area contributed by atoms with E-state index in [-0.39, 0.29) is 21.2 Å². The van der Waals surface area contributed by atoms with Crippen molar-refractivity contribution in [2.45, 2.75) is 5.33 Å². The van der Waals surface area contributed by atoms with Crippen LogP contribution in [0.3, 0.4) is 0 Å². The van der Waals surface area contributed by atoms with E-state index in [1.807, 2.05) is 12.1 Å². The summed E-state index contributed by atoms with van der Waals surface area (Å²) in [6.07, 6.45) is 0. The third kappa shape index (κ3) is 3.71. The molecule has 0 amide bonds. The molecule has 1 nitrogen and oxygen atoms in total. The smallest absolute Gasteiger partial charge is 0.357 e. The predicted octanol–water partition coefficient (Wildman–Crippen LogP) is 0.719. The molecule has 0 aliphatic carbocycles. The molecule has 0 bridgehead atoms. The van der Waals surface area contributed by atoms with E-state index in [1.54, 1.807) is 7.11 Å². The fourth-order valence-corrected chi connectivity index (χ4v) is 4.17. The van der Waals surface area contributed by atoms with Gasteiger partial charge in [-0.25, -0.2) is 0 Å². The van der Waals surface area contributed by atoms with Gasteiger partial charge in [0.2, 0.25) is 0 Å². The van der Waals surface area contributed by atoms with E-state index in [0.29, 0.717) is 0 Å². The summed E-state index contributed by atoms with van der Waals surface area (Å²) in [4.78, 5) is 0. The minimum atomic E-state index is -0.0887. The van der Waals surface area contributed by atoms with Crippen LogP contribution < -0.4 is 25.9 Å². The summed E-state index contributed by atoms with van der Waals surface area (Å²) in [5, 5.41) is 0.924. The van der Waals surface area contributed by atoms with Crippen molar-refractivity contribution >= 4 is 15.9 Å². The van der Waals surface area contributed by atoms with Gasteiger partial charge in [0, 0.05) is 5.33 Å². The molecule has 0 radical (unpaired) electrons. The number of methoxy groups -OCH3 is 1. The number of halogens is 2. The van der Waals surface area contributed by atoms with Crippen LogP contribution in [0.15, 0.2) is 48.5 Å². The first-order valence-corrected chi connectivity index (χ1v) is 8.53. The van der Waals surface area contributed by atoms with Crippen molar-refractivity contribution in [1.82, 2.24) is 0 Å². The summed E-state index contributed by atoms with van der Waals surface area (Å²) in [6.45, 7) is 0. The molecule has 0 saturated heterocycles. The third-order valence-electron chi connectivity index (χ3n) is 2.31. The van der Waals surface area contributed by atoms with Gasteiger partial charge in [-0.3, -0.25) is 0 Å². The summed E-state index contributed by atoms with van der Waals surface area (Å²) in [6, 6.07) is 17.2. The van der Waals surface area contributed by atoms with Gasteiger partial charge in [-0.2, -0.15) is 0 Å². The van der Waals surface area contributed by atoms with E-state index in [9.17, 15) is 0 Å². The van der Waals surface area contributed by atoms with Gasteiger partial charge >= 0.3 is 21.2 Å². The largest absolute Gasteiger partial charge is 0.497 e. The van der Waals surface area contributed by atoms with Gasteiger partial charge in [-0.05, 0) is 42.0 Å². The number of hydrogen-bond donors (Lipinski definition) is 0. The van der Waals surface area contributed by atoms with Gasteiger partial charge in [-0.15, -0.1) is 0 Å². The number of benzene rings is 2. The lowest BCUT2D eigenvalue weighted by Crippen LogP contribution is -3.61. The molecule has 2 rings (SSSR count). The summed E-state index contributed by atoms with van der Waals surface area (Å²) in [7, 11) is 1.70. The highest BCUT2D eigenvalue weighted by Crippen LogP contribution is 2.06. The zero-order valence-corrected chi connectivity index (χ0v) is 13.2. The minimum absolute atomic E-state index is 0.0887. The lowest BCUT2D eigenvalue weighted by molar-refractivity contribution is -0.597. The molecule has 0 saturated carbocycles. The quantitative estimate of drug-likeness (QED) is 0.540. The monoisotopic (exact) mass is 403 g/mol. The lowest BCUT2D eigenvalue weighted by Gasteiger charge is -1.96. The predicted molar refractivity (Wildman–Crippen MR) is 69.5 cm³/mol. The van der Waals surface area contributed by atoms with Crippen LogP contribution in [0, 0.1) is 7.14 Å². The molecule has 0 spiro atoms. The highest BCUT2D eigenvalue weighted by atomic mass is 127. The van der Waals surface area contributed by atoms with Crippen LogP contribution in [-0.2, 0) is 5.33 Å². The SMILES string of the molecule is COc1ccc([I+]c2cccc(CBr)c2)cc1. The molecule has 0 unspecified atom stereocenters. The van der Waals surface area contributed by atoms with Gasteiger partial charge < -0.3 is 4.74 Å². The Labute approximate surface area is 121 Å². The lowest BCUT2D eigenvalue weighted by atomic mass is 10.2. The standard InChI is InChI=1S/C14H13BrIO/c1-17-14-7-5-12(6-8-14)16-13-4-2-3-11(9-13)10-15/h2-9H,10H2,1H3/q+1. The molecule has 0 heterocycles. The topological polar surface area (TPSA) is 9.23 Å². The molecule has 0 aliphatic rings. The second-order valence-corrected chi connectivity index (χ2v) is 7.11. The fraction of sp³-hybridized carbons (Fsp3) is 0.143. The van der Waals surface area contributed by atoms with Crippen molar-refractivity contribution in [3.05, 3.63) is 61.2 Å². The second kappa shape index (κ2) is 6.40. The Morgan fingerprint density at radius 1 is 1.06 bits per heavy atom. The Morgan fingerprint density at radius 2 is 1.82 bits per heavy atom. The van der Waals surface area contributed by atoms with Crippen molar-refractivity contribution in [2.24, 2.45) is 0 Å². The van der Waals surface area contributed by atoms with Crippen molar-refractivity contribution in [3.63, 3.8) is 0 Å². The molecule has 3 heteroatoms. The summed E-state index contributed by atoms with van der Waals surface area (Å²) in [5.41, 5.74) is 1.34. The van der Waals surface area contributed by atoms with Crippen LogP contribution in [0.4, 0.5) is 0 Å². The van der Waals surface area contributed by atoms with Crippen LogP contribution in [0.1, 0.15) is 5.56 Å². The number of alkyl halides is 1. The number of ether oxygens (including phenoxy) is 1. The zero-order chi connectivity index (χ0) is 12.1.